The van der Waals surface area contributed by atoms with E-state index in [-0.39, 0.29) is 18.5 Å². The van der Waals surface area contributed by atoms with E-state index in [9.17, 15) is 13.2 Å². The van der Waals surface area contributed by atoms with E-state index < -0.39 is 10.0 Å². The van der Waals surface area contributed by atoms with Crippen LogP contribution in [0.4, 0.5) is 5.69 Å². The number of hydrogen-bond acceptors (Lipinski definition) is 4. The lowest BCUT2D eigenvalue weighted by molar-refractivity contribution is -0.120. The molecule has 0 radical (unpaired) electrons. The minimum Gasteiger partial charge on any atom is -0.497 e. The predicted octanol–water partition coefficient (Wildman–Crippen LogP) is 3.35. The molecule has 1 atom stereocenters. The van der Waals surface area contributed by atoms with Gasteiger partial charge in [-0.05, 0) is 55.7 Å². The van der Waals surface area contributed by atoms with E-state index in [0.29, 0.717) is 17.9 Å². The van der Waals surface area contributed by atoms with Crippen molar-refractivity contribution in [1.82, 2.24) is 5.32 Å². The summed E-state index contributed by atoms with van der Waals surface area (Å²) in [5, 5.41) is 2.97. The normalized spacial score (nSPS) is 12.3. The Morgan fingerprint density at radius 3 is 2.29 bits per heavy atom. The maximum absolute atomic E-state index is 12.7. The molecule has 1 amide bonds. The van der Waals surface area contributed by atoms with E-state index >= 15 is 0 Å². The van der Waals surface area contributed by atoms with Crippen molar-refractivity contribution in [2.24, 2.45) is 0 Å². The summed E-state index contributed by atoms with van der Waals surface area (Å²) in [5.41, 5.74) is 3.71. The number of anilines is 1. The number of ether oxygens (including phenoxy) is 1. The first-order valence-corrected chi connectivity index (χ1v) is 11.0. The molecule has 7 heteroatoms. The molecule has 6 nitrogen and oxygen atoms in total. The number of methoxy groups -OCH3 is 1. The fraction of sp³-hybridized carbons (Fsp3) is 0.381. The molecule has 0 aromatic heterocycles. The van der Waals surface area contributed by atoms with Crippen molar-refractivity contribution in [3.63, 3.8) is 0 Å². The van der Waals surface area contributed by atoms with E-state index in [1.54, 1.807) is 24.3 Å². The molecule has 2 aromatic rings. The van der Waals surface area contributed by atoms with E-state index in [1.165, 1.54) is 7.11 Å². The molecule has 28 heavy (non-hydrogen) atoms. The van der Waals surface area contributed by atoms with Crippen molar-refractivity contribution in [2.45, 2.75) is 33.2 Å². The monoisotopic (exact) mass is 404 g/mol. The molecule has 0 bridgehead atoms. The van der Waals surface area contributed by atoms with E-state index in [0.717, 1.165) is 27.3 Å². The van der Waals surface area contributed by atoms with Crippen LogP contribution in [0.25, 0.3) is 0 Å². The van der Waals surface area contributed by atoms with Gasteiger partial charge < -0.3 is 10.1 Å². The topological polar surface area (TPSA) is 75.7 Å². The summed E-state index contributed by atoms with van der Waals surface area (Å²) in [7, 11) is -2.09. The van der Waals surface area contributed by atoms with Crippen molar-refractivity contribution in [3.05, 3.63) is 59.2 Å². The van der Waals surface area contributed by atoms with Crippen LogP contribution in [0.15, 0.2) is 42.5 Å². The molecule has 1 N–H and O–H groups in total. The van der Waals surface area contributed by atoms with Crippen molar-refractivity contribution < 1.29 is 17.9 Å². The minimum absolute atomic E-state index is 0.176. The third-order valence-electron chi connectivity index (χ3n) is 4.59. The Labute approximate surface area is 167 Å². The van der Waals surface area contributed by atoms with Gasteiger partial charge in [-0.15, -0.1) is 0 Å². The standard InChI is InChI=1S/C21H28N2O4S/c1-6-20(19-12-7-15(2)13-16(19)3)22-21(24)14-23(28(5,25)26)17-8-10-18(27-4)11-9-17/h7-13,20H,6,14H2,1-5H3,(H,22,24)/t20-/m0/s1. The molecule has 0 aliphatic carbocycles. The van der Waals surface area contributed by atoms with Crippen LogP contribution in [0, 0.1) is 13.8 Å². The Kier molecular flexibility index (Phi) is 7.07. The fourth-order valence-corrected chi connectivity index (χ4v) is 3.99. The number of amides is 1. The van der Waals surface area contributed by atoms with Gasteiger partial charge in [0.15, 0.2) is 0 Å². The number of hydrogen-bond donors (Lipinski definition) is 1. The van der Waals surface area contributed by atoms with Gasteiger partial charge in [-0.25, -0.2) is 8.42 Å². The van der Waals surface area contributed by atoms with Gasteiger partial charge in [-0.1, -0.05) is 30.7 Å². The van der Waals surface area contributed by atoms with Crippen LogP contribution in [-0.4, -0.2) is 34.2 Å². The molecule has 0 spiro atoms. The molecule has 2 aromatic carbocycles. The molecular weight excluding hydrogens is 376 g/mol. The summed E-state index contributed by atoms with van der Waals surface area (Å²) < 4.78 is 30.7. The van der Waals surface area contributed by atoms with Crippen LogP contribution in [-0.2, 0) is 14.8 Å². The largest absolute Gasteiger partial charge is 0.497 e. The van der Waals surface area contributed by atoms with Gasteiger partial charge in [0.2, 0.25) is 15.9 Å². The van der Waals surface area contributed by atoms with E-state index in [2.05, 4.69) is 11.4 Å². The zero-order chi connectivity index (χ0) is 20.9. The lowest BCUT2D eigenvalue weighted by Gasteiger charge is -2.25. The maximum atomic E-state index is 12.7. The van der Waals surface area contributed by atoms with Crippen LogP contribution in [0.1, 0.15) is 36.1 Å². The van der Waals surface area contributed by atoms with Crippen LogP contribution in [0.2, 0.25) is 0 Å². The number of aryl methyl sites for hydroxylation is 2. The lowest BCUT2D eigenvalue weighted by Crippen LogP contribution is -2.41. The van der Waals surface area contributed by atoms with Gasteiger partial charge in [-0.3, -0.25) is 9.10 Å². The SMILES string of the molecule is CC[C@H](NC(=O)CN(c1ccc(OC)cc1)S(C)(=O)=O)c1ccc(C)cc1C. The average molecular weight is 405 g/mol. The number of nitrogens with one attached hydrogen (secondary N) is 1. The molecule has 0 saturated carbocycles. The zero-order valence-corrected chi connectivity index (χ0v) is 17.8. The first-order chi connectivity index (χ1) is 13.2. The first-order valence-electron chi connectivity index (χ1n) is 9.14. The fourth-order valence-electron chi connectivity index (χ4n) is 3.14. The van der Waals surface area contributed by atoms with Crippen molar-refractivity contribution in [2.75, 3.05) is 24.2 Å². The number of carbonyl (C=O) groups is 1. The summed E-state index contributed by atoms with van der Waals surface area (Å²) in [6.07, 6.45) is 1.79. The van der Waals surface area contributed by atoms with Crippen molar-refractivity contribution >= 4 is 21.6 Å². The van der Waals surface area contributed by atoms with Gasteiger partial charge >= 0.3 is 0 Å². The third-order valence-corrected chi connectivity index (χ3v) is 5.73. The summed E-state index contributed by atoms with van der Waals surface area (Å²) >= 11 is 0. The molecule has 0 aliphatic heterocycles. The average Bonchev–Trinajstić information content (AvgIpc) is 2.64. The molecule has 0 heterocycles. The molecule has 0 saturated heterocycles. The summed E-state index contributed by atoms with van der Waals surface area (Å²) in [6, 6.07) is 12.5. The maximum Gasteiger partial charge on any atom is 0.241 e. The highest BCUT2D eigenvalue weighted by Gasteiger charge is 2.23. The number of sulfonamides is 1. The van der Waals surface area contributed by atoms with Crippen LogP contribution in [0.5, 0.6) is 5.75 Å². The van der Waals surface area contributed by atoms with E-state index in [1.807, 2.05) is 32.9 Å². The Bertz CT molecular complexity index is 924. The summed E-state index contributed by atoms with van der Waals surface area (Å²) in [5.74, 6) is 0.260. The Morgan fingerprint density at radius 2 is 1.79 bits per heavy atom. The van der Waals surface area contributed by atoms with Gasteiger partial charge in [0, 0.05) is 0 Å². The number of nitrogens with zero attached hydrogens (tertiary/aromatic N) is 1. The second-order valence-electron chi connectivity index (χ2n) is 6.86. The summed E-state index contributed by atoms with van der Waals surface area (Å²) in [6.45, 7) is 5.74. The number of carbonyl (C=O) groups excluding carboxylic acids is 1. The van der Waals surface area contributed by atoms with Gasteiger partial charge in [-0.2, -0.15) is 0 Å². The highest BCUT2D eigenvalue weighted by Crippen LogP contribution is 2.23. The van der Waals surface area contributed by atoms with Gasteiger partial charge in [0.25, 0.3) is 0 Å². The van der Waals surface area contributed by atoms with Crippen LogP contribution < -0.4 is 14.4 Å². The summed E-state index contributed by atoms with van der Waals surface area (Å²) in [4.78, 5) is 12.7. The quantitative estimate of drug-likeness (QED) is 0.732. The van der Waals surface area contributed by atoms with Gasteiger partial charge in [0.05, 0.1) is 25.1 Å². The first kappa shape index (κ1) is 21.8. The number of benzene rings is 2. The second kappa shape index (κ2) is 9.10. The molecule has 2 rings (SSSR count). The Balaban J connectivity index is 2.20. The lowest BCUT2D eigenvalue weighted by atomic mass is 9.97. The third kappa shape index (κ3) is 5.48. The highest BCUT2D eigenvalue weighted by molar-refractivity contribution is 7.92. The molecule has 152 valence electrons. The Morgan fingerprint density at radius 1 is 1.14 bits per heavy atom. The smallest absolute Gasteiger partial charge is 0.241 e. The van der Waals surface area contributed by atoms with Crippen LogP contribution in [0.3, 0.4) is 0 Å². The molecule has 0 aliphatic rings. The molecule has 0 unspecified atom stereocenters. The minimum atomic E-state index is -3.62. The molecular formula is C21H28N2O4S. The molecule has 0 fully saturated rings. The number of rotatable bonds is 8. The van der Waals surface area contributed by atoms with Crippen molar-refractivity contribution in [1.29, 1.82) is 0 Å². The Hall–Kier alpha value is -2.54. The van der Waals surface area contributed by atoms with Gasteiger partial charge in [0.1, 0.15) is 12.3 Å². The second-order valence-corrected chi connectivity index (χ2v) is 8.76. The predicted molar refractivity (Wildman–Crippen MR) is 112 cm³/mol. The van der Waals surface area contributed by atoms with Crippen molar-refractivity contribution in [3.8, 4) is 5.75 Å². The van der Waals surface area contributed by atoms with Crippen LogP contribution >= 0.6 is 0 Å². The highest BCUT2D eigenvalue weighted by atomic mass is 32.2. The zero-order valence-electron chi connectivity index (χ0n) is 17.0. The van der Waals surface area contributed by atoms with E-state index in [4.69, 9.17) is 4.74 Å².